The van der Waals surface area contributed by atoms with Gasteiger partial charge in [0.25, 0.3) is 5.91 Å². The number of hydrogen-bond donors (Lipinski definition) is 0. The molecule has 3 heterocycles. The van der Waals surface area contributed by atoms with Gasteiger partial charge in [-0.15, -0.1) is 0 Å². The molecule has 1 fully saturated rings. The summed E-state index contributed by atoms with van der Waals surface area (Å²) >= 11 is 12.1. The number of fused-ring (bicyclic) bond motifs is 1. The Labute approximate surface area is 200 Å². The molecule has 0 unspecified atom stereocenters. The number of hydrogen-bond acceptors (Lipinski definition) is 6. The maximum Gasteiger partial charge on any atom is 0.253 e. The fraction of sp³-hybridized carbons (Fsp3) is 0.167. The van der Waals surface area contributed by atoms with Gasteiger partial charge < -0.3 is 14.5 Å². The molecular formula is C24H19Cl2N5O2. The highest BCUT2D eigenvalue weighted by molar-refractivity contribution is 6.34. The number of carbonyl (C=O) groups is 1. The van der Waals surface area contributed by atoms with E-state index in [0.717, 1.165) is 10.9 Å². The molecule has 0 saturated carbocycles. The van der Waals surface area contributed by atoms with E-state index in [9.17, 15) is 4.79 Å². The van der Waals surface area contributed by atoms with Crippen molar-refractivity contribution in [2.45, 2.75) is 0 Å². The van der Waals surface area contributed by atoms with Crippen LogP contribution in [0.5, 0.6) is 11.6 Å². The second-order valence-corrected chi connectivity index (χ2v) is 8.47. The first-order valence-corrected chi connectivity index (χ1v) is 11.2. The fourth-order valence-electron chi connectivity index (χ4n) is 3.75. The first-order chi connectivity index (χ1) is 16.0. The molecule has 0 N–H and O–H groups in total. The van der Waals surface area contributed by atoms with Crippen LogP contribution in [0.25, 0.3) is 10.9 Å². The van der Waals surface area contributed by atoms with E-state index in [0.29, 0.717) is 59.4 Å². The Balaban J connectivity index is 1.25. The number of carbonyl (C=O) groups excluding carboxylic acids is 1. The molecule has 1 aliphatic heterocycles. The van der Waals surface area contributed by atoms with Crippen LogP contribution in [0.4, 0.5) is 5.95 Å². The van der Waals surface area contributed by atoms with E-state index in [4.69, 9.17) is 27.9 Å². The molecule has 4 aromatic rings. The van der Waals surface area contributed by atoms with Gasteiger partial charge in [0, 0.05) is 65.6 Å². The number of aromatic nitrogens is 3. The maximum atomic E-state index is 13.0. The molecule has 1 saturated heterocycles. The van der Waals surface area contributed by atoms with Gasteiger partial charge in [0.2, 0.25) is 11.8 Å². The van der Waals surface area contributed by atoms with Crippen molar-refractivity contribution in [1.82, 2.24) is 19.9 Å². The van der Waals surface area contributed by atoms with Crippen molar-refractivity contribution in [3.8, 4) is 11.6 Å². The monoisotopic (exact) mass is 479 g/mol. The molecule has 0 aliphatic carbocycles. The van der Waals surface area contributed by atoms with Crippen molar-refractivity contribution in [2.24, 2.45) is 0 Å². The number of nitrogens with zero attached hydrogens (tertiary/aromatic N) is 5. The zero-order chi connectivity index (χ0) is 22.8. The Morgan fingerprint density at radius 1 is 0.879 bits per heavy atom. The third-order valence-electron chi connectivity index (χ3n) is 5.38. The normalized spacial score (nSPS) is 13.9. The summed E-state index contributed by atoms with van der Waals surface area (Å²) < 4.78 is 5.81. The summed E-state index contributed by atoms with van der Waals surface area (Å²) in [6, 6.07) is 16.1. The summed E-state index contributed by atoms with van der Waals surface area (Å²) in [6.07, 6.45) is 3.39. The van der Waals surface area contributed by atoms with Gasteiger partial charge in [0.05, 0.1) is 5.52 Å². The molecule has 0 atom stereocenters. The molecule has 7 nitrogen and oxygen atoms in total. The van der Waals surface area contributed by atoms with E-state index in [2.05, 4.69) is 15.0 Å². The largest absolute Gasteiger partial charge is 0.439 e. The molecule has 2 aromatic carbocycles. The number of piperazine rings is 1. The Morgan fingerprint density at radius 2 is 1.67 bits per heavy atom. The van der Waals surface area contributed by atoms with E-state index in [1.54, 1.807) is 36.7 Å². The second-order valence-electron chi connectivity index (χ2n) is 7.59. The van der Waals surface area contributed by atoms with Gasteiger partial charge in [-0.1, -0.05) is 29.3 Å². The Bertz CT molecular complexity index is 1310. The van der Waals surface area contributed by atoms with Crippen molar-refractivity contribution in [3.05, 3.63) is 82.6 Å². The topological polar surface area (TPSA) is 71.5 Å². The van der Waals surface area contributed by atoms with Crippen LogP contribution >= 0.6 is 23.2 Å². The van der Waals surface area contributed by atoms with Gasteiger partial charge in [-0.05, 0) is 42.5 Å². The number of benzene rings is 2. The van der Waals surface area contributed by atoms with E-state index in [1.807, 2.05) is 40.1 Å². The summed E-state index contributed by atoms with van der Waals surface area (Å²) in [5.41, 5.74) is 1.54. The summed E-state index contributed by atoms with van der Waals surface area (Å²) in [7, 11) is 0. The van der Waals surface area contributed by atoms with E-state index >= 15 is 0 Å². The average Bonchev–Trinajstić information content (AvgIpc) is 2.83. The summed E-state index contributed by atoms with van der Waals surface area (Å²) in [5, 5.41) is 1.92. The van der Waals surface area contributed by atoms with Crippen molar-refractivity contribution in [3.63, 3.8) is 0 Å². The van der Waals surface area contributed by atoms with E-state index < -0.39 is 0 Å². The van der Waals surface area contributed by atoms with Crippen molar-refractivity contribution >= 4 is 46.0 Å². The molecule has 33 heavy (non-hydrogen) atoms. The molecule has 9 heteroatoms. The molecule has 5 rings (SSSR count). The molecule has 0 spiro atoms. The van der Waals surface area contributed by atoms with E-state index in [1.165, 1.54) is 0 Å². The molecule has 0 radical (unpaired) electrons. The second kappa shape index (κ2) is 9.21. The van der Waals surface area contributed by atoms with Crippen LogP contribution in [0.1, 0.15) is 10.4 Å². The van der Waals surface area contributed by atoms with Gasteiger partial charge in [0.1, 0.15) is 5.75 Å². The number of ether oxygens (including phenoxy) is 1. The third kappa shape index (κ3) is 4.84. The number of rotatable bonds is 4. The smallest absolute Gasteiger partial charge is 0.253 e. The Hall–Kier alpha value is -3.42. The third-order valence-corrected chi connectivity index (χ3v) is 5.81. The lowest BCUT2D eigenvalue weighted by Crippen LogP contribution is -2.49. The molecule has 2 aromatic heterocycles. The van der Waals surface area contributed by atoms with Crippen LogP contribution < -0.4 is 9.64 Å². The van der Waals surface area contributed by atoms with Crippen LogP contribution in [0.2, 0.25) is 10.0 Å². The number of amides is 1. The van der Waals surface area contributed by atoms with Gasteiger partial charge in [0.15, 0.2) is 0 Å². The number of anilines is 1. The van der Waals surface area contributed by atoms with Gasteiger partial charge in [-0.25, -0.2) is 4.98 Å². The highest BCUT2D eigenvalue weighted by Crippen LogP contribution is 2.28. The van der Waals surface area contributed by atoms with Gasteiger partial charge in [-0.3, -0.25) is 9.78 Å². The van der Waals surface area contributed by atoms with Crippen LogP contribution in [-0.4, -0.2) is 51.9 Å². The van der Waals surface area contributed by atoms with Crippen LogP contribution in [-0.2, 0) is 0 Å². The number of halogens is 2. The predicted molar refractivity (Wildman–Crippen MR) is 128 cm³/mol. The van der Waals surface area contributed by atoms with Gasteiger partial charge in [-0.2, -0.15) is 4.98 Å². The Kier molecular flexibility index (Phi) is 5.98. The molecular weight excluding hydrogens is 461 g/mol. The molecule has 0 bridgehead atoms. The zero-order valence-corrected chi connectivity index (χ0v) is 19.0. The standard InChI is InChI=1S/C24H19Cl2N5O2/c25-18-13-19(26)15-20(14-18)33-22-5-7-28-24(29-22)31-10-8-30(9-11-31)23(32)17-3-4-21-16(12-17)2-1-6-27-21/h1-7,12-15H,8-11H2. The number of pyridine rings is 1. The van der Waals surface area contributed by atoms with Crippen LogP contribution in [0.15, 0.2) is 67.0 Å². The molecule has 1 aliphatic rings. The minimum atomic E-state index is 0.0104. The lowest BCUT2D eigenvalue weighted by atomic mass is 10.1. The molecule has 166 valence electrons. The predicted octanol–water partition coefficient (Wildman–Crippen LogP) is 5.09. The van der Waals surface area contributed by atoms with Crippen LogP contribution in [0.3, 0.4) is 0 Å². The first kappa shape index (κ1) is 21.4. The summed E-state index contributed by atoms with van der Waals surface area (Å²) in [5.74, 6) is 1.44. The van der Waals surface area contributed by atoms with Crippen molar-refractivity contribution in [1.29, 1.82) is 0 Å². The minimum Gasteiger partial charge on any atom is -0.439 e. The summed E-state index contributed by atoms with van der Waals surface area (Å²) in [4.78, 5) is 30.1. The Morgan fingerprint density at radius 3 is 2.45 bits per heavy atom. The quantitative estimate of drug-likeness (QED) is 0.406. The minimum absolute atomic E-state index is 0.0104. The zero-order valence-electron chi connectivity index (χ0n) is 17.5. The first-order valence-electron chi connectivity index (χ1n) is 10.4. The average molecular weight is 480 g/mol. The van der Waals surface area contributed by atoms with Crippen molar-refractivity contribution in [2.75, 3.05) is 31.1 Å². The highest BCUT2D eigenvalue weighted by Gasteiger charge is 2.24. The summed E-state index contributed by atoms with van der Waals surface area (Å²) in [6.45, 7) is 2.38. The highest BCUT2D eigenvalue weighted by atomic mass is 35.5. The van der Waals surface area contributed by atoms with Gasteiger partial charge >= 0.3 is 0 Å². The fourth-order valence-corrected chi connectivity index (χ4v) is 4.26. The molecule has 1 amide bonds. The maximum absolute atomic E-state index is 13.0. The lowest BCUT2D eigenvalue weighted by Gasteiger charge is -2.34. The SMILES string of the molecule is O=C(c1ccc2ncccc2c1)N1CCN(c2nccc(Oc3cc(Cl)cc(Cl)c3)n2)CC1. The van der Waals surface area contributed by atoms with Crippen LogP contribution in [0, 0.1) is 0 Å². The lowest BCUT2D eigenvalue weighted by molar-refractivity contribution is 0.0746. The van der Waals surface area contributed by atoms with E-state index in [-0.39, 0.29) is 5.91 Å². The van der Waals surface area contributed by atoms with Crippen molar-refractivity contribution < 1.29 is 9.53 Å².